The first-order chi connectivity index (χ1) is 12.1. The average molecular weight is 389 g/mol. The van der Waals surface area contributed by atoms with Crippen LogP contribution in [0.3, 0.4) is 0 Å². The fourth-order valence-electron chi connectivity index (χ4n) is 3.05. The molecule has 0 amide bonds. The van der Waals surface area contributed by atoms with Gasteiger partial charge in [0.25, 0.3) is 10.0 Å². The zero-order valence-electron chi connectivity index (χ0n) is 14.8. The first kappa shape index (κ1) is 18.5. The molecular weight excluding hydrogens is 369 g/mol. The second kappa shape index (κ2) is 6.46. The van der Waals surface area contributed by atoms with Crippen molar-refractivity contribution in [1.82, 2.24) is 4.98 Å². The number of aromatic nitrogens is 1. The van der Waals surface area contributed by atoms with Gasteiger partial charge >= 0.3 is 0 Å². The van der Waals surface area contributed by atoms with Gasteiger partial charge in [-0.2, -0.15) is 5.26 Å². The van der Waals surface area contributed by atoms with Crippen molar-refractivity contribution in [2.45, 2.75) is 19.8 Å². The summed E-state index contributed by atoms with van der Waals surface area (Å²) in [6.45, 7) is 5.13. The highest BCUT2D eigenvalue weighted by Gasteiger charge is 2.25. The zero-order chi connectivity index (χ0) is 19.1. The number of sulfonamides is 1. The number of hydrogen-bond acceptors (Lipinski definition) is 4. The van der Waals surface area contributed by atoms with Gasteiger partial charge in [-0.25, -0.2) is 8.42 Å². The molecule has 1 aromatic heterocycles. The molecule has 2 aromatic rings. The first-order valence-electron chi connectivity index (χ1n) is 8.13. The molecule has 3 rings (SSSR count). The number of fused-ring (bicyclic) bond motifs is 1. The van der Waals surface area contributed by atoms with Gasteiger partial charge in [0.05, 0.1) is 21.7 Å². The van der Waals surface area contributed by atoms with Crippen LogP contribution in [0.25, 0.3) is 10.9 Å². The van der Waals surface area contributed by atoms with Crippen molar-refractivity contribution < 1.29 is 13.0 Å². The number of nitriles is 1. The van der Waals surface area contributed by atoms with Gasteiger partial charge < -0.3 is 9.55 Å². The van der Waals surface area contributed by atoms with Crippen LogP contribution in [0.15, 0.2) is 40.7 Å². The molecule has 1 aromatic carbocycles. The van der Waals surface area contributed by atoms with E-state index >= 15 is 0 Å². The van der Waals surface area contributed by atoms with Crippen LogP contribution < -0.4 is 4.72 Å². The largest absolute Gasteiger partial charge is 0.358 e. The van der Waals surface area contributed by atoms with E-state index in [0.717, 1.165) is 5.56 Å². The number of aromatic amines is 1. The highest BCUT2D eigenvalue weighted by Crippen LogP contribution is 2.49. The van der Waals surface area contributed by atoms with E-state index in [0.29, 0.717) is 40.3 Å². The molecule has 136 valence electrons. The van der Waals surface area contributed by atoms with Gasteiger partial charge in [0.1, 0.15) is 13.2 Å². The van der Waals surface area contributed by atoms with Gasteiger partial charge in [-0.15, -0.1) is 0 Å². The van der Waals surface area contributed by atoms with E-state index in [9.17, 15) is 18.2 Å². The second-order valence-corrected chi connectivity index (χ2v) is 11.7. The number of allylic oxidation sites excluding steroid dienone is 4. The third-order valence-electron chi connectivity index (χ3n) is 4.43. The summed E-state index contributed by atoms with van der Waals surface area (Å²) in [5.74, 6) is 0. The van der Waals surface area contributed by atoms with Crippen LogP contribution in [0.5, 0.6) is 0 Å². The standard InChI is InChI=1S/C18H20N3O3PS/c1-12-7-8-16(18-17(12)13(10-19)11-20-18)21-26(23,24)15-6-4-5-14(9-15)25(2,3)22/h5,7-9,11,20-21H,4,6H2,1-3H3. The minimum absolute atomic E-state index is 0.222. The van der Waals surface area contributed by atoms with Gasteiger partial charge in [-0.05, 0) is 50.8 Å². The predicted octanol–water partition coefficient (Wildman–Crippen LogP) is 4.27. The Morgan fingerprint density at radius 3 is 2.69 bits per heavy atom. The first-order valence-corrected chi connectivity index (χ1v) is 12.2. The highest BCUT2D eigenvalue weighted by molar-refractivity contribution is 7.96. The molecule has 26 heavy (non-hydrogen) atoms. The minimum atomic E-state index is -3.79. The van der Waals surface area contributed by atoms with Crippen molar-refractivity contribution in [2.24, 2.45) is 0 Å². The molecule has 0 fully saturated rings. The van der Waals surface area contributed by atoms with Crippen LogP contribution in [0.1, 0.15) is 24.0 Å². The molecule has 0 spiro atoms. The Kier molecular flexibility index (Phi) is 4.60. The number of rotatable bonds is 4. The van der Waals surface area contributed by atoms with E-state index in [-0.39, 0.29) is 4.91 Å². The van der Waals surface area contributed by atoms with Crippen molar-refractivity contribution in [3.8, 4) is 6.07 Å². The molecule has 1 aliphatic rings. The van der Waals surface area contributed by atoms with Gasteiger partial charge in [0.15, 0.2) is 0 Å². The number of anilines is 1. The second-order valence-electron chi connectivity index (χ2n) is 6.73. The van der Waals surface area contributed by atoms with E-state index in [1.807, 2.05) is 13.0 Å². The minimum Gasteiger partial charge on any atom is -0.358 e. The van der Waals surface area contributed by atoms with Crippen molar-refractivity contribution >= 4 is 33.8 Å². The van der Waals surface area contributed by atoms with Crippen LogP contribution in [-0.4, -0.2) is 26.7 Å². The Labute approximate surface area is 153 Å². The summed E-state index contributed by atoms with van der Waals surface area (Å²) in [6, 6.07) is 5.57. The number of H-pyrrole nitrogens is 1. The Hall–Kier alpha value is -2.29. The topological polar surface area (TPSA) is 103 Å². The fourth-order valence-corrected chi connectivity index (χ4v) is 5.43. The maximum atomic E-state index is 12.9. The van der Waals surface area contributed by atoms with E-state index in [2.05, 4.69) is 15.8 Å². The Morgan fingerprint density at radius 2 is 2.04 bits per heavy atom. The summed E-state index contributed by atoms with van der Waals surface area (Å²) in [7, 11) is -6.31. The third kappa shape index (κ3) is 3.35. The molecule has 0 bridgehead atoms. The molecule has 0 unspecified atom stereocenters. The lowest BCUT2D eigenvalue weighted by Crippen LogP contribution is -2.16. The predicted molar refractivity (Wildman–Crippen MR) is 105 cm³/mol. The molecule has 6 nitrogen and oxygen atoms in total. The summed E-state index contributed by atoms with van der Waals surface area (Å²) in [5, 5.41) is 10.5. The molecule has 0 saturated heterocycles. The molecule has 1 aliphatic carbocycles. The highest BCUT2D eigenvalue weighted by atomic mass is 32.2. The fraction of sp³-hybridized carbons (Fsp3) is 0.278. The van der Waals surface area contributed by atoms with Gasteiger partial charge in [0, 0.05) is 16.9 Å². The maximum Gasteiger partial charge on any atom is 0.258 e. The van der Waals surface area contributed by atoms with E-state index < -0.39 is 17.2 Å². The summed E-state index contributed by atoms with van der Waals surface area (Å²) in [4.78, 5) is 3.20. The lowest BCUT2D eigenvalue weighted by Gasteiger charge is -2.18. The molecule has 0 aliphatic heterocycles. The van der Waals surface area contributed by atoms with Crippen molar-refractivity contribution in [1.29, 1.82) is 5.26 Å². The third-order valence-corrected chi connectivity index (χ3v) is 7.48. The van der Waals surface area contributed by atoms with E-state index in [1.165, 1.54) is 6.08 Å². The molecule has 0 radical (unpaired) electrons. The number of benzene rings is 1. The maximum absolute atomic E-state index is 12.9. The molecule has 8 heteroatoms. The Morgan fingerprint density at radius 1 is 1.31 bits per heavy atom. The smallest absolute Gasteiger partial charge is 0.258 e. The molecule has 0 saturated carbocycles. The van der Waals surface area contributed by atoms with Gasteiger partial charge in [-0.1, -0.05) is 12.1 Å². The monoisotopic (exact) mass is 389 g/mol. The summed E-state index contributed by atoms with van der Waals surface area (Å²) >= 11 is 0. The van der Waals surface area contributed by atoms with Crippen molar-refractivity contribution in [3.63, 3.8) is 0 Å². The molecule has 0 atom stereocenters. The Balaban J connectivity index is 2.03. The van der Waals surface area contributed by atoms with Crippen LogP contribution in [-0.2, 0) is 14.6 Å². The average Bonchev–Trinajstić information content (AvgIpc) is 3.02. The van der Waals surface area contributed by atoms with Gasteiger partial charge in [-0.3, -0.25) is 4.72 Å². The van der Waals surface area contributed by atoms with Crippen LogP contribution >= 0.6 is 7.14 Å². The van der Waals surface area contributed by atoms with Crippen LogP contribution in [0, 0.1) is 18.3 Å². The van der Waals surface area contributed by atoms with Crippen LogP contribution in [0.4, 0.5) is 5.69 Å². The summed E-state index contributed by atoms with van der Waals surface area (Å²) < 4.78 is 40.6. The number of aryl methyl sites for hydroxylation is 1. The number of hydrogen-bond donors (Lipinski definition) is 2. The lowest BCUT2D eigenvalue weighted by molar-refractivity contribution is 0.586. The van der Waals surface area contributed by atoms with Crippen molar-refractivity contribution in [2.75, 3.05) is 18.1 Å². The number of nitrogens with zero attached hydrogens (tertiary/aromatic N) is 1. The zero-order valence-corrected chi connectivity index (χ0v) is 16.5. The van der Waals surface area contributed by atoms with E-state index in [1.54, 1.807) is 31.7 Å². The summed E-state index contributed by atoms with van der Waals surface area (Å²) in [6.07, 6.45) is 5.84. The van der Waals surface area contributed by atoms with Crippen LogP contribution in [0.2, 0.25) is 0 Å². The SMILES string of the molecule is Cc1ccc(NS(=O)(=O)C2=CC(P(C)(C)=O)=CCC2)c2[nH]cc(C#N)c12. The molecule has 1 heterocycles. The van der Waals surface area contributed by atoms with Crippen molar-refractivity contribution in [3.05, 3.63) is 51.8 Å². The Bertz CT molecular complexity index is 1140. The van der Waals surface area contributed by atoms with Gasteiger partial charge in [0.2, 0.25) is 0 Å². The summed E-state index contributed by atoms with van der Waals surface area (Å²) in [5.41, 5.74) is 2.33. The lowest BCUT2D eigenvalue weighted by atomic mass is 10.1. The molecular formula is C18H20N3O3PS. The van der Waals surface area contributed by atoms with E-state index in [4.69, 9.17) is 0 Å². The molecule has 2 N–H and O–H groups in total. The normalized spacial score (nSPS) is 15.3. The number of nitrogens with one attached hydrogen (secondary N) is 2. The quantitative estimate of drug-likeness (QED) is 0.762.